The number of rotatable bonds is 4. The van der Waals surface area contributed by atoms with Gasteiger partial charge in [0.15, 0.2) is 0 Å². The first kappa shape index (κ1) is 50.6. The third kappa shape index (κ3) is 8.38. The van der Waals surface area contributed by atoms with Crippen molar-refractivity contribution in [3.8, 4) is 0 Å². The van der Waals surface area contributed by atoms with Gasteiger partial charge >= 0.3 is 0 Å². The van der Waals surface area contributed by atoms with E-state index in [4.69, 9.17) is 92.8 Å². The van der Waals surface area contributed by atoms with Gasteiger partial charge in [0.1, 0.15) is 21.0 Å². The van der Waals surface area contributed by atoms with Crippen LogP contribution in [0.15, 0.2) is 0 Å². The molecule has 32 heteroatoms. The second kappa shape index (κ2) is 17.7. The Bertz CT molecular complexity index is 2290. The molecular weight excluding hydrogens is 1100 g/mol. The Labute approximate surface area is 410 Å². The maximum atomic E-state index is 13.6. The minimum atomic E-state index is -6.02. The number of halogens is 8. The van der Waals surface area contributed by atoms with E-state index in [9.17, 15) is 51.9 Å². The quantitative estimate of drug-likeness (QED) is 0.128. The molecule has 4 saturated carbocycles. The second-order valence-corrected chi connectivity index (χ2v) is 29.0. The van der Waals surface area contributed by atoms with Gasteiger partial charge in [-0.1, -0.05) is 12.8 Å². The first-order valence-corrected chi connectivity index (χ1v) is 30.2. The lowest BCUT2D eigenvalue weighted by atomic mass is 9.75. The van der Waals surface area contributed by atoms with Crippen molar-refractivity contribution in [3.05, 3.63) is 0 Å². The van der Waals surface area contributed by atoms with Crippen molar-refractivity contribution < 1.29 is 51.9 Å². The van der Waals surface area contributed by atoms with Crippen LogP contribution in [0.4, 0.5) is 0 Å². The third-order valence-electron chi connectivity index (χ3n) is 15.6. The fourth-order valence-electron chi connectivity index (χ4n) is 13.3. The van der Waals surface area contributed by atoms with Crippen LogP contribution in [0.3, 0.4) is 0 Å². The van der Waals surface area contributed by atoms with Crippen LogP contribution in [-0.2, 0) is 40.5 Å². The number of hydrogen-bond donors (Lipinski definition) is 12. The molecule has 5 saturated heterocycles. The molecule has 5 aliphatic heterocycles. The largest absolute Gasteiger partial charge is 0.286 e. The van der Waals surface area contributed by atoms with Gasteiger partial charge in [0, 0.05) is 35.5 Å². The molecule has 368 valence electrons. The summed E-state index contributed by atoms with van der Waals surface area (Å²) in [6.45, 7) is 0. The summed E-state index contributed by atoms with van der Waals surface area (Å²) < 4.78 is 150. The van der Waals surface area contributed by atoms with Crippen molar-refractivity contribution in [2.75, 3.05) is 0 Å². The zero-order valence-corrected chi connectivity index (χ0v) is 42.0. The molecule has 0 radical (unpaired) electrons. The van der Waals surface area contributed by atoms with Gasteiger partial charge in [-0.15, -0.1) is 92.8 Å². The predicted octanol–water partition coefficient (Wildman–Crippen LogP) is -0.191. The fraction of sp³-hybridized carbons (Fsp3) is 1.00. The van der Waals surface area contributed by atoms with Crippen molar-refractivity contribution in [2.24, 2.45) is 47.3 Å². The Hall–Kier alpha value is 1.64. The van der Waals surface area contributed by atoms with E-state index in [0.717, 1.165) is 12.8 Å². The zero-order valence-electron chi connectivity index (χ0n) is 32.7. The molecule has 28 unspecified atom stereocenters. The monoisotopic (exact) mass is 1140 g/mol. The number of nitrogens with one attached hydrogen (secondary N) is 8. The fourth-order valence-corrected chi connectivity index (χ4v) is 24.0. The molecule has 28 atom stereocenters. The van der Waals surface area contributed by atoms with Crippen molar-refractivity contribution >= 4 is 133 Å². The van der Waals surface area contributed by atoms with Crippen molar-refractivity contribution in [3.63, 3.8) is 0 Å². The van der Waals surface area contributed by atoms with Gasteiger partial charge in [-0.3, -0.25) is 60.7 Å². The highest BCUT2D eigenvalue weighted by molar-refractivity contribution is 7.94. The highest BCUT2D eigenvalue weighted by atomic mass is 35.5. The minimum absolute atomic E-state index is 0.108. The van der Waals surface area contributed by atoms with E-state index in [2.05, 4.69) is 42.5 Å². The lowest BCUT2D eigenvalue weighted by molar-refractivity contribution is 0.170. The molecule has 8 bridgehead atoms. The van der Waals surface area contributed by atoms with E-state index in [1.54, 1.807) is 0 Å². The van der Waals surface area contributed by atoms with Gasteiger partial charge in [-0.05, 0) is 24.7 Å². The molecule has 12 N–H and O–H groups in total. The molecule has 0 spiro atoms. The summed E-state index contributed by atoms with van der Waals surface area (Å²) in [6.07, 6.45) is -4.61. The first-order chi connectivity index (χ1) is 29.6. The number of fused-ring (bicyclic) bond motifs is 20. The van der Waals surface area contributed by atoms with Crippen molar-refractivity contribution in [2.45, 2.75) is 139 Å². The molecule has 9 aliphatic rings. The molecule has 9 fully saturated rings. The molecule has 0 aromatic heterocycles. The molecule has 9 rings (SSSR count). The Balaban J connectivity index is 1.22. The van der Waals surface area contributed by atoms with Crippen LogP contribution in [0.5, 0.6) is 0 Å². The van der Waals surface area contributed by atoms with Crippen LogP contribution in [0.1, 0.15) is 25.7 Å². The topological polar surface area (TPSA) is 314 Å². The van der Waals surface area contributed by atoms with E-state index in [1.165, 1.54) is 0 Å². The normalized spacial score (nSPS) is 55.6. The third-order valence-corrected chi connectivity index (χ3v) is 26.5. The van der Waals surface area contributed by atoms with Gasteiger partial charge in [0.25, 0.3) is 40.5 Å². The molecule has 5 heterocycles. The van der Waals surface area contributed by atoms with Crippen LogP contribution < -0.4 is 42.5 Å². The second-order valence-electron chi connectivity index (χ2n) is 18.7. The average molecular weight is 1150 g/mol. The van der Waals surface area contributed by atoms with E-state index >= 15 is 0 Å². The van der Waals surface area contributed by atoms with Gasteiger partial charge in [0.05, 0.1) is 92.3 Å². The smallest absolute Gasteiger partial charge is 0.270 e. The predicted molar refractivity (Wildman–Crippen MR) is 240 cm³/mol. The maximum Gasteiger partial charge on any atom is 0.270 e. The number of alkyl halides is 8. The van der Waals surface area contributed by atoms with E-state index < -0.39 is 189 Å². The SMILES string of the molecule is O=S(=O)(O)C1C2C3NC4NC(NC5NC(NC6NC(NC(N3)C2C(S(=O)(=O)O)C(S(=O)(=O)O)C1S(=O)(=O)O)C1C(Cl)C(Cl)C(Cl)C(Cl)C61)C1C(Cl)C(Cl)C(Cl)C(Cl)C51)C1CCCCC41. The summed E-state index contributed by atoms with van der Waals surface area (Å²) in [5.41, 5.74) is 0. The van der Waals surface area contributed by atoms with Crippen LogP contribution in [0, 0.1) is 47.3 Å². The molecular formula is C32H48Cl8N8O12S4. The molecule has 0 amide bonds. The summed E-state index contributed by atoms with van der Waals surface area (Å²) in [4.78, 5) is 0. The summed E-state index contributed by atoms with van der Waals surface area (Å²) in [5.74, 6) is -6.74. The van der Waals surface area contributed by atoms with E-state index in [1.807, 2.05) is 0 Å². The zero-order chi connectivity index (χ0) is 46.7. The molecule has 0 aromatic carbocycles. The molecule has 20 nitrogen and oxygen atoms in total. The molecule has 4 aliphatic carbocycles. The van der Waals surface area contributed by atoms with Crippen LogP contribution in [0.2, 0.25) is 0 Å². The van der Waals surface area contributed by atoms with Crippen molar-refractivity contribution in [1.82, 2.24) is 42.5 Å². The first-order valence-electron chi connectivity index (χ1n) is 20.7. The number of hydrogen-bond acceptors (Lipinski definition) is 16. The van der Waals surface area contributed by atoms with Gasteiger partial charge in [-0.25, -0.2) is 0 Å². The lowest BCUT2D eigenvalue weighted by Crippen LogP contribution is -2.70. The van der Waals surface area contributed by atoms with E-state index in [-0.39, 0.29) is 11.8 Å². The summed E-state index contributed by atoms with van der Waals surface area (Å²) >= 11 is 55.9. The van der Waals surface area contributed by atoms with Crippen LogP contribution >= 0.6 is 92.8 Å². The maximum absolute atomic E-state index is 13.6. The average Bonchev–Trinajstić information content (AvgIpc) is 3.93. The summed E-state index contributed by atoms with van der Waals surface area (Å²) in [5, 5.41) is 8.69. The van der Waals surface area contributed by atoms with Crippen LogP contribution in [-0.4, -0.2) is 165 Å². The standard InChI is InChI=1S/C32H48Cl8N8O12S4/c33-13-7-8(14(34)18(38)17(13)37)28-44-27(7)42-25-5-3-1-2-4-6(5)26(41-25)43-31-11-12(22(62(52,53)54)24(64(58,59)60)23(63(55,56)57)21(11)61(49,50)51)32(48-31)47-30-10-9(29(45-28)46-30)15(35)19(39)20(40)16(10)36/h5-32,41-48H,1-4H2,(H,49,50,51)(H,52,53,54)(H,55,56,57)(H,58,59,60). The Morgan fingerprint density at radius 1 is 0.297 bits per heavy atom. The highest BCUT2D eigenvalue weighted by Gasteiger charge is 2.72. The minimum Gasteiger partial charge on any atom is -0.286 e. The van der Waals surface area contributed by atoms with Gasteiger partial charge < -0.3 is 0 Å². The molecule has 64 heavy (non-hydrogen) atoms. The van der Waals surface area contributed by atoms with Gasteiger partial charge in [-0.2, -0.15) is 33.7 Å². The Morgan fingerprint density at radius 3 is 0.734 bits per heavy atom. The Morgan fingerprint density at radius 2 is 0.500 bits per heavy atom. The van der Waals surface area contributed by atoms with Crippen molar-refractivity contribution in [1.29, 1.82) is 0 Å². The molecule has 0 aromatic rings. The highest BCUT2D eigenvalue weighted by Crippen LogP contribution is 2.53. The van der Waals surface area contributed by atoms with Crippen LogP contribution in [0.25, 0.3) is 0 Å². The summed E-state index contributed by atoms with van der Waals surface area (Å²) in [6, 6.07) is 0. The van der Waals surface area contributed by atoms with Gasteiger partial charge in [0.2, 0.25) is 0 Å². The summed E-state index contributed by atoms with van der Waals surface area (Å²) in [7, 11) is -23.6. The lowest BCUT2D eigenvalue weighted by Gasteiger charge is -2.47. The van der Waals surface area contributed by atoms with E-state index in [0.29, 0.717) is 12.8 Å². The Kier molecular flexibility index (Phi) is 14.0.